The molecular formula is C21H25N3O2S2. The molecular weight excluding hydrogens is 390 g/mol. The number of hydrogen-bond donors (Lipinski definition) is 0. The van der Waals surface area contributed by atoms with Gasteiger partial charge in [0.25, 0.3) is 0 Å². The van der Waals surface area contributed by atoms with Crippen LogP contribution in [0.3, 0.4) is 0 Å². The lowest BCUT2D eigenvalue weighted by molar-refractivity contribution is 0.521. The molecule has 7 heteroatoms. The van der Waals surface area contributed by atoms with Crippen LogP contribution in [-0.2, 0) is 16.6 Å². The Hall–Kier alpha value is -2.22. The van der Waals surface area contributed by atoms with Crippen molar-refractivity contribution in [2.24, 2.45) is 4.99 Å². The summed E-state index contributed by atoms with van der Waals surface area (Å²) >= 11 is 1.59. The Morgan fingerprint density at radius 3 is 2.25 bits per heavy atom. The second kappa shape index (κ2) is 8.43. The number of aryl methyl sites for hydroxylation is 1. The maximum Gasteiger partial charge on any atom is 0.242 e. The molecule has 0 bridgehead atoms. The maximum absolute atomic E-state index is 12.3. The minimum absolute atomic E-state index is 0.295. The minimum Gasteiger partial charge on any atom is -0.316 e. The highest BCUT2D eigenvalue weighted by Gasteiger charge is 2.17. The van der Waals surface area contributed by atoms with E-state index in [1.165, 1.54) is 24.0 Å². The largest absolute Gasteiger partial charge is 0.316 e. The van der Waals surface area contributed by atoms with E-state index in [1.54, 1.807) is 23.5 Å². The third kappa shape index (κ3) is 4.27. The van der Waals surface area contributed by atoms with Crippen molar-refractivity contribution in [3.8, 4) is 11.3 Å². The van der Waals surface area contributed by atoms with Crippen LogP contribution in [0.2, 0.25) is 0 Å². The van der Waals surface area contributed by atoms with E-state index in [1.807, 2.05) is 24.3 Å². The van der Waals surface area contributed by atoms with E-state index >= 15 is 0 Å². The van der Waals surface area contributed by atoms with Crippen molar-refractivity contribution in [1.82, 2.24) is 8.87 Å². The van der Waals surface area contributed by atoms with Crippen molar-refractivity contribution >= 4 is 27.0 Å². The van der Waals surface area contributed by atoms with Crippen molar-refractivity contribution < 1.29 is 8.42 Å². The molecule has 1 heterocycles. The van der Waals surface area contributed by atoms with Gasteiger partial charge in [0, 0.05) is 26.0 Å². The average Bonchev–Trinajstić information content (AvgIpc) is 3.06. The zero-order valence-electron chi connectivity index (χ0n) is 16.6. The molecule has 3 rings (SSSR count). The first-order valence-corrected chi connectivity index (χ1v) is 11.5. The van der Waals surface area contributed by atoms with Gasteiger partial charge in [-0.15, -0.1) is 11.3 Å². The summed E-state index contributed by atoms with van der Waals surface area (Å²) in [6, 6.07) is 15.2. The fourth-order valence-corrected chi connectivity index (χ4v) is 4.68. The molecule has 0 fully saturated rings. The van der Waals surface area contributed by atoms with Crippen molar-refractivity contribution in [2.75, 3.05) is 14.1 Å². The summed E-state index contributed by atoms with van der Waals surface area (Å²) in [5, 5.41) is 2.08. The van der Waals surface area contributed by atoms with Gasteiger partial charge in [-0.05, 0) is 43.2 Å². The zero-order valence-corrected chi connectivity index (χ0v) is 18.2. The summed E-state index contributed by atoms with van der Waals surface area (Å²) in [7, 11) is -0.349. The molecule has 28 heavy (non-hydrogen) atoms. The van der Waals surface area contributed by atoms with E-state index < -0.39 is 10.0 Å². The number of nitrogens with zero attached hydrogens (tertiary/aromatic N) is 3. The summed E-state index contributed by atoms with van der Waals surface area (Å²) in [6.45, 7) is 5.04. The molecule has 0 saturated heterocycles. The van der Waals surface area contributed by atoms with E-state index in [9.17, 15) is 8.42 Å². The topological polar surface area (TPSA) is 54.7 Å². The molecule has 1 aromatic heterocycles. The summed E-state index contributed by atoms with van der Waals surface area (Å²) in [5.41, 5.74) is 4.16. The smallest absolute Gasteiger partial charge is 0.242 e. The first-order chi connectivity index (χ1) is 13.3. The molecule has 0 aliphatic heterocycles. The first kappa shape index (κ1) is 20.5. The molecule has 0 N–H and O–H groups in total. The lowest BCUT2D eigenvalue weighted by Crippen LogP contribution is -2.22. The summed E-state index contributed by atoms with van der Waals surface area (Å²) in [5.74, 6) is 0. The van der Waals surface area contributed by atoms with Gasteiger partial charge in [-0.3, -0.25) is 0 Å². The monoisotopic (exact) mass is 415 g/mol. The number of benzene rings is 2. The molecule has 0 aliphatic rings. The lowest BCUT2D eigenvalue weighted by atomic mass is 10.2. The SMILES string of the molecule is CCCn1c(-c2ccc(S(=O)(=O)N(C)C)cc2)csc1=Nc1ccc(C)cc1. The highest BCUT2D eigenvalue weighted by Crippen LogP contribution is 2.24. The van der Waals surface area contributed by atoms with Crippen molar-refractivity contribution in [3.05, 3.63) is 64.3 Å². The van der Waals surface area contributed by atoms with Crippen LogP contribution in [0.15, 0.2) is 63.8 Å². The van der Waals surface area contributed by atoms with Crippen LogP contribution in [0.1, 0.15) is 18.9 Å². The van der Waals surface area contributed by atoms with Gasteiger partial charge in [0.15, 0.2) is 4.80 Å². The highest BCUT2D eigenvalue weighted by molar-refractivity contribution is 7.89. The van der Waals surface area contributed by atoms with E-state index in [0.29, 0.717) is 4.90 Å². The Balaban J connectivity index is 2.03. The molecule has 0 spiro atoms. The highest BCUT2D eigenvalue weighted by atomic mass is 32.2. The van der Waals surface area contributed by atoms with Gasteiger partial charge >= 0.3 is 0 Å². The number of rotatable bonds is 6. The Morgan fingerprint density at radius 2 is 1.68 bits per heavy atom. The van der Waals surface area contributed by atoms with Crippen LogP contribution >= 0.6 is 11.3 Å². The summed E-state index contributed by atoms with van der Waals surface area (Å²) < 4.78 is 28.0. The molecule has 5 nitrogen and oxygen atoms in total. The van der Waals surface area contributed by atoms with E-state index in [4.69, 9.17) is 4.99 Å². The van der Waals surface area contributed by atoms with Gasteiger partial charge < -0.3 is 4.57 Å². The zero-order chi connectivity index (χ0) is 20.3. The molecule has 2 aromatic carbocycles. The quantitative estimate of drug-likeness (QED) is 0.598. The van der Waals surface area contributed by atoms with Gasteiger partial charge in [0.1, 0.15) is 0 Å². The minimum atomic E-state index is -3.42. The predicted molar refractivity (Wildman–Crippen MR) is 115 cm³/mol. The third-order valence-electron chi connectivity index (χ3n) is 4.43. The van der Waals surface area contributed by atoms with Crippen LogP contribution in [-0.4, -0.2) is 31.4 Å². The Kier molecular flexibility index (Phi) is 6.17. The standard InChI is InChI=1S/C21H25N3O2S2/c1-5-14-24-20(15-27-21(24)22-18-10-6-16(2)7-11-18)17-8-12-19(13-9-17)28(25,26)23(3)4/h6-13,15H,5,14H2,1-4H3. The molecule has 0 atom stereocenters. The van der Waals surface area contributed by atoms with Crippen molar-refractivity contribution in [3.63, 3.8) is 0 Å². The van der Waals surface area contributed by atoms with Gasteiger partial charge in [-0.25, -0.2) is 17.7 Å². The number of aromatic nitrogens is 1. The molecule has 0 unspecified atom stereocenters. The fraction of sp³-hybridized carbons (Fsp3) is 0.286. The predicted octanol–water partition coefficient (Wildman–Crippen LogP) is 4.42. The molecule has 148 valence electrons. The molecule has 3 aromatic rings. The van der Waals surface area contributed by atoms with Crippen molar-refractivity contribution in [1.29, 1.82) is 0 Å². The molecule has 0 saturated carbocycles. The Labute approximate surface area is 170 Å². The second-order valence-corrected chi connectivity index (χ2v) is 9.80. The first-order valence-electron chi connectivity index (χ1n) is 9.15. The lowest BCUT2D eigenvalue weighted by Gasteiger charge is -2.12. The van der Waals surface area contributed by atoms with Crippen LogP contribution in [0.5, 0.6) is 0 Å². The van der Waals surface area contributed by atoms with Crippen LogP contribution in [0, 0.1) is 6.92 Å². The van der Waals surface area contributed by atoms with Crippen LogP contribution < -0.4 is 4.80 Å². The maximum atomic E-state index is 12.3. The van der Waals surface area contributed by atoms with E-state index in [0.717, 1.165) is 34.7 Å². The van der Waals surface area contributed by atoms with Gasteiger partial charge in [-0.2, -0.15) is 0 Å². The Bertz CT molecular complexity index is 1110. The van der Waals surface area contributed by atoms with E-state index in [2.05, 4.69) is 35.9 Å². The van der Waals surface area contributed by atoms with E-state index in [-0.39, 0.29) is 0 Å². The fourth-order valence-electron chi connectivity index (χ4n) is 2.83. The van der Waals surface area contributed by atoms with Crippen molar-refractivity contribution in [2.45, 2.75) is 31.7 Å². The number of thiazole rings is 1. The molecule has 0 aliphatic carbocycles. The van der Waals surface area contributed by atoms with Gasteiger partial charge in [-0.1, -0.05) is 36.8 Å². The molecule has 0 amide bonds. The number of hydrogen-bond acceptors (Lipinski definition) is 4. The van der Waals surface area contributed by atoms with Crippen LogP contribution in [0.25, 0.3) is 11.3 Å². The summed E-state index contributed by atoms with van der Waals surface area (Å²) in [4.78, 5) is 6.04. The normalized spacial score (nSPS) is 12.7. The summed E-state index contributed by atoms with van der Waals surface area (Å²) in [6.07, 6.45) is 0.984. The Morgan fingerprint density at radius 1 is 1.04 bits per heavy atom. The average molecular weight is 416 g/mol. The second-order valence-electron chi connectivity index (χ2n) is 6.81. The molecule has 0 radical (unpaired) electrons. The number of sulfonamides is 1. The van der Waals surface area contributed by atoms with Crippen LogP contribution in [0.4, 0.5) is 5.69 Å². The third-order valence-corrected chi connectivity index (χ3v) is 7.13. The van der Waals surface area contributed by atoms with Gasteiger partial charge in [0.05, 0.1) is 16.3 Å². The van der Waals surface area contributed by atoms with Gasteiger partial charge in [0.2, 0.25) is 10.0 Å².